The van der Waals surface area contributed by atoms with Crippen molar-refractivity contribution >= 4 is 33.4 Å². The minimum atomic E-state index is -3.97. The molecule has 4 aromatic carbocycles. The molecule has 0 fully saturated rings. The molecule has 9 heteroatoms. The summed E-state index contributed by atoms with van der Waals surface area (Å²) < 4.78 is 28.9. The Morgan fingerprint density at radius 1 is 0.561 bits per heavy atom. The number of nitro benzene ring substituents is 2. The van der Waals surface area contributed by atoms with E-state index in [4.69, 9.17) is 0 Å². The highest BCUT2D eigenvalue weighted by atomic mass is 32.2. The third-order valence-electron chi connectivity index (χ3n) is 6.65. The van der Waals surface area contributed by atoms with Crippen molar-refractivity contribution in [3.05, 3.63) is 163 Å². The lowest BCUT2D eigenvalue weighted by Gasteiger charge is -2.22. The second kappa shape index (κ2) is 12.5. The third kappa shape index (κ3) is 7.20. The Labute approximate surface area is 238 Å². The molecule has 2 unspecified atom stereocenters. The van der Waals surface area contributed by atoms with E-state index in [1.54, 1.807) is 72.8 Å². The van der Waals surface area contributed by atoms with Crippen molar-refractivity contribution in [2.24, 2.45) is 0 Å². The van der Waals surface area contributed by atoms with Crippen LogP contribution in [0, 0.1) is 34.1 Å². The van der Waals surface area contributed by atoms with Gasteiger partial charge in [0.1, 0.15) is 10.5 Å². The number of nitrogens with zero attached hydrogens (tertiary/aromatic N) is 2. The quantitative estimate of drug-likeness (QED) is 0.142. The molecule has 4 aromatic rings. The summed E-state index contributed by atoms with van der Waals surface area (Å²) in [5, 5.41) is 20.0. The van der Waals surface area contributed by atoms with Crippen LogP contribution < -0.4 is 0 Å². The molecule has 4 rings (SSSR count). The smallest absolute Gasteiger partial charge is 0.258 e. The van der Waals surface area contributed by atoms with Gasteiger partial charge >= 0.3 is 0 Å². The Balaban J connectivity index is 1.79. The maximum atomic E-state index is 14.4. The predicted molar refractivity (Wildman–Crippen MR) is 161 cm³/mol. The zero-order valence-corrected chi connectivity index (χ0v) is 23.3. The summed E-state index contributed by atoms with van der Waals surface area (Å²) in [5.41, 5.74) is 4.26. The van der Waals surface area contributed by atoms with Crippen LogP contribution in [0.15, 0.2) is 109 Å². The maximum absolute atomic E-state index is 14.4. The van der Waals surface area contributed by atoms with E-state index in [2.05, 4.69) is 0 Å². The number of aryl methyl sites for hydroxylation is 2. The van der Waals surface area contributed by atoms with Crippen LogP contribution in [0.4, 0.5) is 11.4 Å². The van der Waals surface area contributed by atoms with Gasteiger partial charge in [-0.25, -0.2) is 8.42 Å². The lowest BCUT2D eigenvalue weighted by Crippen LogP contribution is -2.19. The SMILES string of the molecule is Cc1ccc(C(/C=C/c2ccc([N+](=O)[O-])cc2)S(=O)(=O)C(/C=C/c2ccc([N+](=O)[O-])cc2)c2ccc(C)cc2)cc1. The van der Waals surface area contributed by atoms with Crippen molar-refractivity contribution in [2.75, 3.05) is 0 Å². The summed E-state index contributed by atoms with van der Waals surface area (Å²) in [6.45, 7) is 3.84. The molecule has 0 aromatic heterocycles. The molecule has 208 valence electrons. The van der Waals surface area contributed by atoms with E-state index in [9.17, 15) is 28.6 Å². The molecule has 2 atom stereocenters. The van der Waals surface area contributed by atoms with Crippen LogP contribution in [-0.2, 0) is 9.84 Å². The molecule has 0 aliphatic heterocycles. The molecule has 0 saturated carbocycles. The topological polar surface area (TPSA) is 120 Å². The summed E-state index contributed by atoms with van der Waals surface area (Å²) >= 11 is 0. The summed E-state index contributed by atoms with van der Waals surface area (Å²) in [6, 6.07) is 26.3. The van der Waals surface area contributed by atoms with E-state index in [1.807, 2.05) is 38.1 Å². The van der Waals surface area contributed by atoms with Gasteiger partial charge in [-0.15, -0.1) is 0 Å². The average molecular weight is 569 g/mol. The van der Waals surface area contributed by atoms with Crippen LogP contribution in [0.5, 0.6) is 0 Å². The molecule has 0 saturated heterocycles. The zero-order valence-electron chi connectivity index (χ0n) is 22.5. The highest BCUT2D eigenvalue weighted by Gasteiger charge is 2.33. The fourth-order valence-corrected chi connectivity index (χ4v) is 6.29. The summed E-state index contributed by atoms with van der Waals surface area (Å²) in [6.07, 6.45) is 6.50. The first-order valence-electron chi connectivity index (χ1n) is 12.8. The van der Waals surface area contributed by atoms with Gasteiger partial charge in [-0.05, 0) is 60.4 Å². The standard InChI is InChI=1S/C32H28N2O6S/c1-23-3-13-27(14-4-23)31(21-11-25-7-17-29(18-8-25)33(35)36)41(39,40)32(28-15-5-24(2)6-16-28)22-12-26-9-19-30(20-10-26)34(37)38/h3-22,31-32H,1-2H3/b21-11+,22-12+. The van der Waals surface area contributed by atoms with Gasteiger partial charge in [0, 0.05) is 24.3 Å². The van der Waals surface area contributed by atoms with Crippen LogP contribution in [0.2, 0.25) is 0 Å². The number of hydrogen-bond donors (Lipinski definition) is 0. The molecular weight excluding hydrogens is 540 g/mol. The number of rotatable bonds is 10. The zero-order chi connectivity index (χ0) is 29.6. The van der Waals surface area contributed by atoms with E-state index in [0.717, 1.165) is 11.1 Å². The van der Waals surface area contributed by atoms with Crippen molar-refractivity contribution in [3.8, 4) is 0 Å². The molecule has 41 heavy (non-hydrogen) atoms. The second-order valence-electron chi connectivity index (χ2n) is 9.67. The summed E-state index contributed by atoms with van der Waals surface area (Å²) in [4.78, 5) is 21.1. The Hall–Kier alpha value is -4.89. The first-order valence-corrected chi connectivity index (χ1v) is 14.4. The van der Waals surface area contributed by atoms with E-state index < -0.39 is 30.2 Å². The highest BCUT2D eigenvalue weighted by Crippen LogP contribution is 2.37. The van der Waals surface area contributed by atoms with Crippen LogP contribution >= 0.6 is 0 Å². The van der Waals surface area contributed by atoms with Gasteiger partial charge in [0.15, 0.2) is 9.84 Å². The molecule has 0 bridgehead atoms. The number of non-ortho nitro benzene ring substituents is 2. The first-order chi connectivity index (χ1) is 19.5. The number of sulfone groups is 1. The van der Waals surface area contributed by atoms with Gasteiger partial charge in [-0.2, -0.15) is 0 Å². The Morgan fingerprint density at radius 3 is 1.17 bits per heavy atom. The highest BCUT2D eigenvalue weighted by molar-refractivity contribution is 7.92. The van der Waals surface area contributed by atoms with Crippen molar-refractivity contribution < 1.29 is 18.3 Å². The van der Waals surface area contributed by atoms with Crippen molar-refractivity contribution in [2.45, 2.75) is 24.3 Å². The molecule has 0 aliphatic rings. The maximum Gasteiger partial charge on any atom is 0.269 e. The Morgan fingerprint density at radius 2 is 0.878 bits per heavy atom. The molecule has 0 spiro atoms. The largest absolute Gasteiger partial charge is 0.269 e. The van der Waals surface area contributed by atoms with Gasteiger partial charge in [-0.1, -0.05) is 84.0 Å². The molecular formula is C32H28N2O6S. The van der Waals surface area contributed by atoms with Gasteiger partial charge in [-0.3, -0.25) is 20.2 Å². The van der Waals surface area contributed by atoms with Crippen LogP contribution in [0.25, 0.3) is 12.2 Å². The van der Waals surface area contributed by atoms with Gasteiger partial charge in [0.25, 0.3) is 11.4 Å². The molecule has 0 amide bonds. The molecule has 0 N–H and O–H groups in total. The van der Waals surface area contributed by atoms with Gasteiger partial charge in [0.05, 0.1) is 9.85 Å². The Bertz CT molecular complexity index is 1570. The van der Waals surface area contributed by atoms with Crippen molar-refractivity contribution in [1.82, 2.24) is 0 Å². The second-order valence-corrected chi connectivity index (χ2v) is 11.9. The van der Waals surface area contributed by atoms with Crippen LogP contribution in [-0.4, -0.2) is 18.3 Å². The molecule has 0 heterocycles. The van der Waals surface area contributed by atoms with Crippen LogP contribution in [0.3, 0.4) is 0 Å². The predicted octanol–water partition coefficient (Wildman–Crippen LogP) is 7.74. The number of benzene rings is 4. The fraction of sp³-hybridized carbons (Fsp3) is 0.125. The van der Waals surface area contributed by atoms with Crippen molar-refractivity contribution in [1.29, 1.82) is 0 Å². The summed E-state index contributed by atoms with van der Waals surface area (Å²) in [5.74, 6) is 0. The third-order valence-corrected chi connectivity index (χ3v) is 8.93. The van der Waals surface area contributed by atoms with Gasteiger partial charge < -0.3 is 0 Å². The van der Waals surface area contributed by atoms with Crippen molar-refractivity contribution in [3.63, 3.8) is 0 Å². The average Bonchev–Trinajstić information content (AvgIpc) is 2.95. The monoisotopic (exact) mass is 568 g/mol. The van der Waals surface area contributed by atoms with Gasteiger partial charge in [0.2, 0.25) is 0 Å². The van der Waals surface area contributed by atoms with Crippen LogP contribution in [0.1, 0.15) is 43.9 Å². The Kier molecular flexibility index (Phi) is 8.89. The normalized spacial score (nSPS) is 13.3. The lowest BCUT2D eigenvalue weighted by molar-refractivity contribution is -0.385. The van der Waals surface area contributed by atoms with E-state index >= 15 is 0 Å². The molecule has 0 radical (unpaired) electrons. The van der Waals surface area contributed by atoms with E-state index in [0.29, 0.717) is 22.3 Å². The molecule has 0 aliphatic carbocycles. The molecule has 8 nitrogen and oxygen atoms in total. The lowest BCUT2D eigenvalue weighted by atomic mass is 10.1. The van der Waals surface area contributed by atoms with E-state index in [1.165, 1.54) is 24.3 Å². The first kappa shape index (κ1) is 29.1. The fourth-order valence-electron chi connectivity index (χ4n) is 4.30. The van der Waals surface area contributed by atoms with E-state index in [-0.39, 0.29) is 11.4 Å². The minimum absolute atomic E-state index is 0.0549. The minimum Gasteiger partial charge on any atom is -0.258 e. The number of hydrogen-bond acceptors (Lipinski definition) is 6. The number of nitro groups is 2. The summed E-state index contributed by atoms with van der Waals surface area (Å²) in [7, 11) is -3.97.